The normalized spacial score (nSPS) is 28.8. The van der Waals surface area contributed by atoms with Crippen LogP contribution in [0.1, 0.15) is 37.4 Å². The van der Waals surface area contributed by atoms with Crippen molar-refractivity contribution in [3.8, 4) is 11.5 Å². The number of ether oxygens (including phenoxy) is 2. The summed E-state index contributed by atoms with van der Waals surface area (Å²) in [5, 5.41) is 9.38. The molecule has 1 N–H and O–H groups in total. The van der Waals surface area contributed by atoms with E-state index >= 15 is 0 Å². The van der Waals surface area contributed by atoms with Crippen LogP contribution < -0.4 is 9.47 Å². The van der Waals surface area contributed by atoms with Crippen LogP contribution in [0, 0.1) is 0 Å². The third-order valence-corrected chi connectivity index (χ3v) is 5.87. The Balaban J connectivity index is 1.69. The number of aliphatic hydroxyl groups is 1. The van der Waals surface area contributed by atoms with Gasteiger partial charge in [-0.05, 0) is 31.4 Å². The van der Waals surface area contributed by atoms with Crippen LogP contribution in [0.3, 0.4) is 0 Å². The van der Waals surface area contributed by atoms with Crippen molar-refractivity contribution in [2.24, 2.45) is 0 Å². The van der Waals surface area contributed by atoms with Gasteiger partial charge in [0.1, 0.15) is 34.0 Å². The molecule has 3 unspecified atom stereocenters. The van der Waals surface area contributed by atoms with Crippen molar-refractivity contribution in [3.63, 3.8) is 0 Å². The Labute approximate surface area is 124 Å². The topological polar surface area (TPSA) is 72.8 Å². The lowest BCUT2D eigenvalue weighted by Crippen LogP contribution is -2.33. The maximum atomic E-state index is 11.7. The van der Waals surface area contributed by atoms with E-state index in [0.717, 1.165) is 24.8 Å². The summed E-state index contributed by atoms with van der Waals surface area (Å²) in [5.41, 5.74) is 0.778. The third-order valence-electron chi connectivity index (χ3n) is 4.23. The lowest BCUT2D eigenvalue weighted by atomic mass is 9.97. The van der Waals surface area contributed by atoms with E-state index in [4.69, 9.17) is 9.47 Å². The molecule has 0 aromatic heterocycles. The first-order valence-corrected chi connectivity index (χ1v) is 9.19. The standard InChI is InChI=1S/C15H20O5S/c1-21(17,18)12-4-2-3-10(7-12)20-11-5-6-13-14(16)9-19-15(13)8-11/h5-6,8,10,12,14,16H,2-4,7,9H2,1H3. The van der Waals surface area contributed by atoms with E-state index in [9.17, 15) is 13.5 Å². The van der Waals surface area contributed by atoms with E-state index in [2.05, 4.69) is 0 Å². The van der Waals surface area contributed by atoms with Gasteiger partial charge in [0.2, 0.25) is 0 Å². The van der Waals surface area contributed by atoms with Gasteiger partial charge in [-0.2, -0.15) is 0 Å². The zero-order valence-electron chi connectivity index (χ0n) is 12.0. The molecule has 1 saturated carbocycles. The van der Waals surface area contributed by atoms with E-state index in [0.29, 0.717) is 17.9 Å². The number of hydrogen-bond donors (Lipinski definition) is 1. The highest BCUT2D eigenvalue weighted by molar-refractivity contribution is 7.91. The maximum absolute atomic E-state index is 11.7. The van der Waals surface area contributed by atoms with E-state index in [-0.39, 0.29) is 18.0 Å². The molecular weight excluding hydrogens is 292 g/mol. The molecule has 1 aliphatic heterocycles. The Kier molecular flexibility index (Phi) is 3.84. The Morgan fingerprint density at radius 3 is 2.90 bits per heavy atom. The fourth-order valence-corrected chi connectivity index (χ4v) is 4.20. The van der Waals surface area contributed by atoms with Crippen molar-refractivity contribution in [3.05, 3.63) is 23.8 Å². The smallest absolute Gasteiger partial charge is 0.150 e. The third kappa shape index (κ3) is 3.16. The van der Waals surface area contributed by atoms with Gasteiger partial charge in [-0.15, -0.1) is 0 Å². The Morgan fingerprint density at radius 2 is 2.14 bits per heavy atom. The molecule has 2 aliphatic rings. The highest BCUT2D eigenvalue weighted by atomic mass is 32.2. The first-order chi connectivity index (χ1) is 9.93. The van der Waals surface area contributed by atoms with Gasteiger partial charge in [0, 0.05) is 24.3 Å². The molecule has 116 valence electrons. The lowest BCUT2D eigenvalue weighted by molar-refractivity contribution is 0.140. The summed E-state index contributed by atoms with van der Waals surface area (Å²) in [6.45, 7) is 0.276. The van der Waals surface area contributed by atoms with Crippen LogP contribution in [0.25, 0.3) is 0 Å². The molecule has 1 fully saturated rings. The van der Waals surface area contributed by atoms with Gasteiger partial charge in [0.05, 0.1) is 11.4 Å². The number of hydrogen-bond acceptors (Lipinski definition) is 5. The van der Waals surface area contributed by atoms with Crippen LogP contribution in [-0.4, -0.2) is 37.7 Å². The predicted octanol–water partition coefficient (Wildman–Crippen LogP) is 1.85. The van der Waals surface area contributed by atoms with Crippen molar-refractivity contribution in [2.45, 2.75) is 43.1 Å². The van der Waals surface area contributed by atoms with E-state index < -0.39 is 15.9 Å². The van der Waals surface area contributed by atoms with Gasteiger partial charge in [0.25, 0.3) is 0 Å². The minimum atomic E-state index is -3.01. The number of rotatable bonds is 3. The molecule has 1 aliphatic carbocycles. The molecule has 6 heteroatoms. The minimum absolute atomic E-state index is 0.0807. The summed E-state index contributed by atoms with van der Waals surface area (Å²) in [7, 11) is -3.01. The second kappa shape index (κ2) is 5.50. The highest BCUT2D eigenvalue weighted by Crippen LogP contribution is 2.36. The molecule has 1 heterocycles. The molecule has 0 radical (unpaired) electrons. The first kappa shape index (κ1) is 14.7. The summed E-state index contributed by atoms with van der Waals surface area (Å²) in [6.07, 6.45) is 3.64. The van der Waals surface area contributed by atoms with Crippen molar-refractivity contribution < 1.29 is 23.0 Å². The SMILES string of the molecule is CS(=O)(=O)C1CCCC(Oc2ccc3c(c2)OCC3O)C1. The highest BCUT2D eigenvalue weighted by Gasteiger charge is 2.30. The van der Waals surface area contributed by atoms with Crippen LogP contribution >= 0.6 is 0 Å². The number of aliphatic hydroxyl groups excluding tert-OH is 1. The van der Waals surface area contributed by atoms with Gasteiger partial charge < -0.3 is 14.6 Å². The molecule has 0 saturated heterocycles. The average Bonchev–Trinajstić information content (AvgIpc) is 2.79. The molecule has 0 spiro atoms. The fraction of sp³-hybridized carbons (Fsp3) is 0.600. The van der Waals surface area contributed by atoms with Crippen molar-refractivity contribution in [1.29, 1.82) is 0 Å². The van der Waals surface area contributed by atoms with Crippen molar-refractivity contribution >= 4 is 9.84 Å². The van der Waals surface area contributed by atoms with Crippen molar-refractivity contribution in [1.82, 2.24) is 0 Å². The first-order valence-electron chi connectivity index (χ1n) is 7.24. The Bertz CT molecular complexity index is 625. The Hall–Kier alpha value is -1.27. The molecule has 1 aromatic carbocycles. The van der Waals surface area contributed by atoms with Gasteiger partial charge >= 0.3 is 0 Å². The minimum Gasteiger partial charge on any atom is -0.490 e. The molecule has 3 rings (SSSR count). The van der Waals surface area contributed by atoms with Crippen LogP contribution in [0.4, 0.5) is 0 Å². The number of sulfone groups is 1. The summed E-state index contributed by atoms with van der Waals surface area (Å²) < 4.78 is 34.6. The molecule has 3 atom stereocenters. The fourth-order valence-electron chi connectivity index (χ4n) is 3.04. The lowest BCUT2D eigenvalue weighted by Gasteiger charge is -2.28. The maximum Gasteiger partial charge on any atom is 0.150 e. The summed E-state index contributed by atoms with van der Waals surface area (Å²) in [6, 6.07) is 5.38. The molecule has 21 heavy (non-hydrogen) atoms. The van der Waals surface area contributed by atoms with E-state index in [1.165, 1.54) is 6.26 Å². The molecule has 0 bridgehead atoms. The molecular formula is C15H20O5S. The quantitative estimate of drug-likeness (QED) is 0.922. The predicted molar refractivity (Wildman–Crippen MR) is 78.4 cm³/mol. The van der Waals surface area contributed by atoms with E-state index in [1.807, 2.05) is 0 Å². The monoisotopic (exact) mass is 312 g/mol. The molecule has 5 nitrogen and oxygen atoms in total. The van der Waals surface area contributed by atoms with Gasteiger partial charge in [-0.1, -0.05) is 0 Å². The van der Waals surface area contributed by atoms with Gasteiger partial charge in [-0.25, -0.2) is 8.42 Å². The zero-order chi connectivity index (χ0) is 15.0. The Morgan fingerprint density at radius 1 is 1.33 bits per heavy atom. The average molecular weight is 312 g/mol. The van der Waals surface area contributed by atoms with Crippen LogP contribution in [0.2, 0.25) is 0 Å². The van der Waals surface area contributed by atoms with Gasteiger partial charge in [-0.3, -0.25) is 0 Å². The number of fused-ring (bicyclic) bond motifs is 1. The van der Waals surface area contributed by atoms with Crippen LogP contribution in [0.15, 0.2) is 18.2 Å². The largest absolute Gasteiger partial charge is 0.490 e. The van der Waals surface area contributed by atoms with Crippen LogP contribution in [0.5, 0.6) is 11.5 Å². The van der Waals surface area contributed by atoms with Crippen molar-refractivity contribution in [2.75, 3.05) is 12.9 Å². The summed E-state index contributed by atoms with van der Waals surface area (Å²) >= 11 is 0. The summed E-state index contributed by atoms with van der Waals surface area (Å²) in [4.78, 5) is 0. The molecule has 0 amide bonds. The second-order valence-electron chi connectivity index (χ2n) is 5.88. The summed E-state index contributed by atoms with van der Waals surface area (Å²) in [5.74, 6) is 1.32. The van der Waals surface area contributed by atoms with E-state index in [1.54, 1.807) is 18.2 Å². The van der Waals surface area contributed by atoms with Crippen LogP contribution in [-0.2, 0) is 9.84 Å². The second-order valence-corrected chi connectivity index (χ2v) is 8.21. The zero-order valence-corrected chi connectivity index (χ0v) is 12.8. The molecule has 1 aromatic rings. The van der Waals surface area contributed by atoms with Gasteiger partial charge in [0.15, 0.2) is 0 Å². The number of benzene rings is 1.